The van der Waals surface area contributed by atoms with Crippen LogP contribution in [0.15, 0.2) is 60.7 Å². The molecule has 0 aliphatic rings. The van der Waals surface area contributed by atoms with E-state index < -0.39 is 8.32 Å². The highest BCUT2D eigenvalue weighted by Gasteiger charge is 2.49. The molecule has 0 aromatic heterocycles. The highest BCUT2D eigenvalue weighted by Crippen LogP contribution is 2.36. The van der Waals surface area contributed by atoms with Crippen LogP contribution >= 0.6 is 0 Å². The van der Waals surface area contributed by atoms with Crippen LogP contribution in [0.4, 0.5) is 0 Å². The normalized spacial score (nSPS) is 13.8. The van der Waals surface area contributed by atoms with Crippen molar-refractivity contribution in [2.75, 3.05) is 6.61 Å². The molecule has 2 nitrogen and oxygen atoms in total. The van der Waals surface area contributed by atoms with Crippen molar-refractivity contribution in [2.24, 2.45) is 0 Å². The number of benzene rings is 2. The van der Waals surface area contributed by atoms with Crippen molar-refractivity contribution in [3.05, 3.63) is 60.7 Å². The SMILES string of the molecule is C[C@@H](O)CCO[Si](c1ccccc1)(c1ccccc1)C(C)(C)C. The Labute approximate surface area is 141 Å². The van der Waals surface area contributed by atoms with E-state index in [4.69, 9.17) is 4.43 Å². The summed E-state index contributed by atoms with van der Waals surface area (Å²) in [5, 5.41) is 12.2. The molecule has 0 fully saturated rings. The minimum Gasteiger partial charge on any atom is -0.407 e. The average molecular weight is 329 g/mol. The lowest BCUT2D eigenvalue weighted by molar-refractivity contribution is 0.152. The van der Waals surface area contributed by atoms with Crippen LogP contribution in [0.25, 0.3) is 0 Å². The molecule has 0 saturated heterocycles. The molecule has 0 saturated carbocycles. The average Bonchev–Trinajstić information content (AvgIpc) is 2.52. The third-order valence-corrected chi connectivity index (χ3v) is 9.31. The first-order valence-electron chi connectivity index (χ1n) is 8.31. The Morgan fingerprint density at radius 2 is 1.35 bits per heavy atom. The maximum absolute atomic E-state index is 9.63. The minimum absolute atomic E-state index is 0.00556. The molecule has 0 bridgehead atoms. The quantitative estimate of drug-likeness (QED) is 0.824. The van der Waals surface area contributed by atoms with Crippen molar-refractivity contribution < 1.29 is 9.53 Å². The molecule has 23 heavy (non-hydrogen) atoms. The molecule has 0 aliphatic carbocycles. The summed E-state index contributed by atoms with van der Waals surface area (Å²) in [6, 6.07) is 21.2. The lowest BCUT2D eigenvalue weighted by Gasteiger charge is -2.43. The number of aliphatic hydroxyl groups excluding tert-OH is 1. The summed E-state index contributed by atoms with van der Waals surface area (Å²) >= 11 is 0. The first-order chi connectivity index (χ1) is 10.9. The summed E-state index contributed by atoms with van der Waals surface area (Å²) in [6.07, 6.45) is 0.318. The Kier molecular flexibility index (Phi) is 5.79. The van der Waals surface area contributed by atoms with Gasteiger partial charge in [-0.25, -0.2) is 0 Å². The van der Waals surface area contributed by atoms with Crippen molar-refractivity contribution >= 4 is 18.7 Å². The van der Waals surface area contributed by atoms with E-state index in [1.807, 2.05) is 19.1 Å². The van der Waals surface area contributed by atoms with Gasteiger partial charge >= 0.3 is 0 Å². The van der Waals surface area contributed by atoms with Gasteiger partial charge in [0.2, 0.25) is 0 Å². The van der Waals surface area contributed by atoms with Gasteiger partial charge in [0, 0.05) is 6.61 Å². The first kappa shape index (κ1) is 17.9. The maximum atomic E-state index is 9.63. The number of hydrogen-bond acceptors (Lipinski definition) is 2. The van der Waals surface area contributed by atoms with Gasteiger partial charge in [0.25, 0.3) is 8.32 Å². The van der Waals surface area contributed by atoms with Crippen molar-refractivity contribution in [2.45, 2.75) is 45.3 Å². The van der Waals surface area contributed by atoms with Crippen LogP contribution in [0.1, 0.15) is 34.1 Å². The standard InChI is InChI=1S/C20H28O2Si/c1-17(21)15-16-22-23(20(2,3)4,18-11-7-5-8-12-18)19-13-9-6-10-14-19/h5-14,17,21H,15-16H2,1-4H3/t17-/m1/s1. The molecule has 2 aromatic rings. The van der Waals surface area contributed by atoms with Crippen LogP contribution in [0.3, 0.4) is 0 Å². The van der Waals surface area contributed by atoms with Crippen LogP contribution < -0.4 is 10.4 Å². The van der Waals surface area contributed by atoms with Gasteiger partial charge in [-0.2, -0.15) is 0 Å². The van der Waals surface area contributed by atoms with Gasteiger partial charge in [-0.05, 0) is 28.8 Å². The van der Waals surface area contributed by atoms with E-state index in [0.717, 1.165) is 0 Å². The van der Waals surface area contributed by atoms with Gasteiger partial charge < -0.3 is 9.53 Å². The van der Waals surface area contributed by atoms with E-state index in [-0.39, 0.29) is 11.1 Å². The minimum atomic E-state index is -2.43. The summed E-state index contributed by atoms with van der Waals surface area (Å²) in [6.45, 7) is 9.18. The van der Waals surface area contributed by atoms with Crippen molar-refractivity contribution in [3.8, 4) is 0 Å². The molecule has 1 N–H and O–H groups in total. The van der Waals surface area contributed by atoms with Crippen molar-refractivity contribution in [1.82, 2.24) is 0 Å². The van der Waals surface area contributed by atoms with Gasteiger partial charge in [-0.1, -0.05) is 81.4 Å². The second-order valence-electron chi connectivity index (χ2n) is 7.15. The fourth-order valence-electron chi connectivity index (χ4n) is 3.14. The van der Waals surface area contributed by atoms with Gasteiger partial charge in [0.15, 0.2) is 0 Å². The molecule has 2 rings (SSSR count). The summed E-state index contributed by atoms with van der Waals surface area (Å²) in [4.78, 5) is 0. The Morgan fingerprint density at radius 3 is 1.70 bits per heavy atom. The zero-order valence-electron chi connectivity index (χ0n) is 14.6. The predicted octanol–water partition coefficient (Wildman–Crippen LogP) is 3.33. The van der Waals surface area contributed by atoms with Gasteiger partial charge in [0.1, 0.15) is 0 Å². The predicted molar refractivity (Wildman–Crippen MR) is 99.9 cm³/mol. The molecule has 0 amide bonds. The van der Waals surface area contributed by atoms with E-state index in [0.29, 0.717) is 13.0 Å². The Hall–Kier alpha value is -1.42. The summed E-state index contributed by atoms with van der Waals surface area (Å²) in [5.74, 6) is 0. The summed E-state index contributed by atoms with van der Waals surface area (Å²) < 4.78 is 6.66. The molecule has 0 unspecified atom stereocenters. The third-order valence-electron chi connectivity index (χ3n) is 4.27. The Bertz CT molecular complexity index is 549. The first-order valence-corrected chi connectivity index (χ1v) is 10.2. The second-order valence-corrected chi connectivity index (χ2v) is 11.5. The topological polar surface area (TPSA) is 29.5 Å². The number of aliphatic hydroxyl groups is 1. The number of rotatable bonds is 6. The fraction of sp³-hybridized carbons (Fsp3) is 0.400. The smallest absolute Gasteiger partial charge is 0.261 e. The van der Waals surface area contributed by atoms with Crippen LogP contribution in [0.5, 0.6) is 0 Å². The summed E-state index contributed by atoms with van der Waals surface area (Å²) in [5.41, 5.74) is 0. The Morgan fingerprint density at radius 1 is 0.913 bits per heavy atom. The van der Waals surface area contributed by atoms with Crippen molar-refractivity contribution in [3.63, 3.8) is 0 Å². The highest BCUT2D eigenvalue weighted by atomic mass is 28.4. The lowest BCUT2D eigenvalue weighted by Crippen LogP contribution is -2.66. The highest BCUT2D eigenvalue weighted by molar-refractivity contribution is 6.99. The second kappa shape index (κ2) is 7.43. The van der Waals surface area contributed by atoms with Gasteiger partial charge in [-0.3, -0.25) is 0 Å². The van der Waals surface area contributed by atoms with Crippen LogP contribution in [-0.2, 0) is 4.43 Å². The molecule has 1 atom stereocenters. The molecule has 2 aromatic carbocycles. The fourth-order valence-corrected chi connectivity index (χ4v) is 7.72. The monoisotopic (exact) mass is 328 g/mol. The molecule has 124 valence electrons. The molecule has 0 aliphatic heterocycles. The van der Waals surface area contributed by atoms with E-state index >= 15 is 0 Å². The van der Waals surface area contributed by atoms with Crippen LogP contribution in [-0.4, -0.2) is 26.1 Å². The van der Waals surface area contributed by atoms with E-state index in [2.05, 4.69) is 69.3 Å². The molecular weight excluding hydrogens is 300 g/mol. The third kappa shape index (κ3) is 3.92. The zero-order chi connectivity index (χ0) is 16.9. The molecule has 0 spiro atoms. The van der Waals surface area contributed by atoms with Gasteiger partial charge in [0.05, 0.1) is 6.10 Å². The summed E-state index contributed by atoms with van der Waals surface area (Å²) in [7, 11) is -2.43. The van der Waals surface area contributed by atoms with Crippen LogP contribution in [0.2, 0.25) is 5.04 Å². The molecule has 0 heterocycles. The van der Waals surface area contributed by atoms with E-state index in [1.54, 1.807) is 0 Å². The molecular formula is C20H28O2Si. The van der Waals surface area contributed by atoms with Gasteiger partial charge in [-0.15, -0.1) is 0 Å². The van der Waals surface area contributed by atoms with E-state index in [1.165, 1.54) is 10.4 Å². The lowest BCUT2D eigenvalue weighted by atomic mass is 10.2. The molecule has 3 heteroatoms. The van der Waals surface area contributed by atoms with Crippen molar-refractivity contribution in [1.29, 1.82) is 0 Å². The molecule has 0 radical (unpaired) electrons. The maximum Gasteiger partial charge on any atom is 0.261 e. The zero-order valence-corrected chi connectivity index (χ0v) is 15.6. The number of hydrogen-bond donors (Lipinski definition) is 1. The van der Waals surface area contributed by atoms with E-state index in [9.17, 15) is 5.11 Å². The van der Waals surface area contributed by atoms with Crippen LogP contribution in [0, 0.1) is 0 Å². The largest absolute Gasteiger partial charge is 0.407 e. The Balaban J connectivity index is 2.55.